The molecular weight excluding hydrogens is 402 g/mol. The Bertz CT molecular complexity index is 926. The lowest BCUT2D eigenvalue weighted by Crippen LogP contribution is -2.46. The van der Waals surface area contributed by atoms with Crippen LogP contribution in [0.5, 0.6) is 11.5 Å². The predicted molar refractivity (Wildman–Crippen MR) is 124 cm³/mol. The first kappa shape index (κ1) is 21.8. The molecule has 1 aromatic rings. The van der Waals surface area contributed by atoms with Gasteiger partial charge in [0.2, 0.25) is 0 Å². The molecule has 5 nitrogen and oxygen atoms in total. The molecule has 2 aliphatic carbocycles. The number of fused-ring (bicyclic) bond motifs is 3. The van der Waals surface area contributed by atoms with Crippen molar-refractivity contribution in [1.29, 1.82) is 0 Å². The summed E-state index contributed by atoms with van der Waals surface area (Å²) in [5.74, 6) is 2.37. The van der Waals surface area contributed by atoms with Crippen LogP contribution in [-0.2, 0) is 16.0 Å². The summed E-state index contributed by atoms with van der Waals surface area (Å²) in [5.41, 5.74) is 4.23. The van der Waals surface area contributed by atoms with Gasteiger partial charge < -0.3 is 14.2 Å². The number of allylic oxidation sites excluding steroid dienone is 1. The molecule has 32 heavy (non-hydrogen) atoms. The van der Waals surface area contributed by atoms with Crippen LogP contribution in [-0.4, -0.2) is 44.3 Å². The number of nitrogens with zero attached hydrogens (tertiary/aromatic N) is 1. The average molecular weight is 440 g/mol. The van der Waals surface area contributed by atoms with Gasteiger partial charge in [0, 0.05) is 25.0 Å². The predicted octanol–water partition coefficient (Wildman–Crippen LogP) is 4.94. The fraction of sp³-hybridized carbons (Fsp3) is 0.667. The van der Waals surface area contributed by atoms with Crippen molar-refractivity contribution >= 4 is 5.97 Å². The molecule has 0 N–H and O–H groups in total. The summed E-state index contributed by atoms with van der Waals surface area (Å²) in [6, 6.07) is 4.45. The van der Waals surface area contributed by atoms with Gasteiger partial charge in [-0.3, -0.25) is 9.69 Å². The summed E-state index contributed by atoms with van der Waals surface area (Å²) in [6.07, 6.45) is 6.68. The van der Waals surface area contributed by atoms with Gasteiger partial charge in [-0.25, -0.2) is 0 Å². The Kier molecular flexibility index (Phi) is 5.51. The molecule has 0 bridgehead atoms. The molecule has 1 aromatic carbocycles. The molecule has 5 heteroatoms. The zero-order valence-electron chi connectivity index (χ0n) is 20.0. The molecule has 4 aliphatic rings. The molecule has 0 radical (unpaired) electrons. The molecule has 0 spiro atoms. The second kappa shape index (κ2) is 8.09. The molecule has 2 aliphatic heterocycles. The van der Waals surface area contributed by atoms with Crippen molar-refractivity contribution < 1.29 is 19.0 Å². The Labute approximate surface area is 192 Å². The molecule has 6 atom stereocenters. The highest BCUT2D eigenvalue weighted by atomic mass is 16.6. The zero-order chi connectivity index (χ0) is 22.6. The molecule has 0 amide bonds. The number of esters is 1. The van der Waals surface area contributed by atoms with E-state index in [1.807, 2.05) is 0 Å². The lowest BCUT2D eigenvalue weighted by Gasteiger charge is -2.50. The van der Waals surface area contributed by atoms with E-state index < -0.39 is 0 Å². The van der Waals surface area contributed by atoms with E-state index in [2.05, 4.69) is 37.5 Å². The SMILES string of the molecule is C=C1CCC[C@]2(C)C[C@H]3OC(=O)[C@@H](CN4CCc5cc(OC)c(OC)cc5[C@@H]4C)[C@H]3C[C@H]12. The van der Waals surface area contributed by atoms with Crippen LogP contribution in [0.25, 0.3) is 0 Å². The van der Waals surface area contributed by atoms with Gasteiger partial charge in [0.05, 0.1) is 20.1 Å². The number of hydrogen-bond donors (Lipinski definition) is 0. The van der Waals surface area contributed by atoms with Crippen molar-refractivity contribution in [3.8, 4) is 11.5 Å². The monoisotopic (exact) mass is 439 g/mol. The van der Waals surface area contributed by atoms with E-state index >= 15 is 0 Å². The lowest BCUT2D eigenvalue weighted by molar-refractivity contribution is -0.146. The maximum Gasteiger partial charge on any atom is 0.310 e. The van der Waals surface area contributed by atoms with E-state index in [1.54, 1.807) is 14.2 Å². The van der Waals surface area contributed by atoms with Crippen molar-refractivity contribution in [2.45, 2.75) is 64.5 Å². The Morgan fingerprint density at radius 3 is 2.72 bits per heavy atom. The second-order valence-electron chi connectivity index (χ2n) is 10.7. The van der Waals surface area contributed by atoms with Gasteiger partial charge in [-0.15, -0.1) is 0 Å². The van der Waals surface area contributed by atoms with E-state index in [0.29, 0.717) is 11.8 Å². The highest BCUT2D eigenvalue weighted by Crippen LogP contribution is 2.57. The zero-order valence-corrected chi connectivity index (χ0v) is 20.0. The number of benzene rings is 1. The van der Waals surface area contributed by atoms with Crippen molar-refractivity contribution in [3.63, 3.8) is 0 Å². The summed E-state index contributed by atoms with van der Waals surface area (Å²) in [6.45, 7) is 10.8. The molecule has 174 valence electrons. The van der Waals surface area contributed by atoms with Gasteiger partial charge in [0.25, 0.3) is 0 Å². The van der Waals surface area contributed by atoms with Crippen molar-refractivity contribution in [3.05, 3.63) is 35.4 Å². The van der Waals surface area contributed by atoms with Crippen LogP contribution >= 0.6 is 0 Å². The van der Waals surface area contributed by atoms with Crippen LogP contribution in [0, 0.1) is 23.2 Å². The third-order valence-corrected chi connectivity index (χ3v) is 9.06. The number of methoxy groups -OCH3 is 2. The van der Waals surface area contributed by atoms with E-state index in [0.717, 1.165) is 50.3 Å². The molecule has 3 fully saturated rings. The van der Waals surface area contributed by atoms with E-state index in [9.17, 15) is 4.79 Å². The van der Waals surface area contributed by atoms with Crippen LogP contribution in [0.15, 0.2) is 24.3 Å². The van der Waals surface area contributed by atoms with Crippen LogP contribution < -0.4 is 9.47 Å². The third-order valence-electron chi connectivity index (χ3n) is 9.06. The molecular formula is C27H37NO4. The first-order valence-corrected chi connectivity index (χ1v) is 12.2. The van der Waals surface area contributed by atoms with Crippen molar-refractivity contribution in [1.82, 2.24) is 4.90 Å². The van der Waals surface area contributed by atoms with Gasteiger partial charge in [0.15, 0.2) is 11.5 Å². The Balaban J connectivity index is 1.35. The Morgan fingerprint density at radius 2 is 1.97 bits per heavy atom. The van der Waals surface area contributed by atoms with Gasteiger partial charge >= 0.3 is 5.97 Å². The number of carbonyl (C=O) groups excluding carboxylic acids is 1. The first-order valence-electron chi connectivity index (χ1n) is 12.2. The van der Waals surface area contributed by atoms with Crippen LogP contribution in [0.2, 0.25) is 0 Å². The van der Waals surface area contributed by atoms with Crippen LogP contribution in [0.3, 0.4) is 0 Å². The molecule has 0 unspecified atom stereocenters. The van der Waals surface area contributed by atoms with E-state index in [-0.39, 0.29) is 29.4 Å². The van der Waals surface area contributed by atoms with Gasteiger partial charge in [-0.1, -0.05) is 19.1 Å². The standard InChI is InChI=1S/C27H37NO4/c1-16-7-6-9-27(3)14-25-20(12-22(16)27)21(26(29)32-25)15-28-10-8-18-11-23(30-4)24(31-5)13-19(18)17(28)2/h11,13,17,20-22,25H,1,6-10,12,14-15H2,2-5H3/t17-,20+,21-,22+,25+,27+/m0/s1. The Morgan fingerprint density at radius 1 is 1.22 bits per heavy atom. The fourth-order valence-electron chi connectivity index (χ4n) is 7.16. The van der Waals surface area contributed by atoms with E-state index in [4.69, 9.17) is 14.2 Å². The molecule has 2 heterocycles. The molecule has 2 saturated carbocycles. The normalized spacial score (nSPS) is 36.7. The lowest BCUT2D eigenvalue weighted by atomic mass is 9.55. The summed E-state index contributed by atoms with van der Waals surface area (Å²) in [5, 5.41) is 0. The second-order valence-corrected chi connectivity index (χ2v) is 10.7. The Hall–Kier alpha value is -2.01. The third kappa shape index (κ3) is 3.44. The van der Waals surface area contributed by atoms with Gasteiger partial charge in [-0.05, 0) is 80.0 Å². The highest BCUT2D eigenvalue weighted by Gasteiger charge is 2.55. The smallest absolute Gasteiger partial charge is 0.310 e. The highest BCUT2D eigenvalue weighted by molar-refractivity contribution is 5.75. The largest absolute Gasteiger partial charge is 0.493 e. The topological polar surface area (TPSA) is 48.0 Å². The first-order chi connectivity index (χ1) is 15.3. The fourth-order valence-corrected chi connectivity index (χ4v) is 7.16. The number of rotatable bonds is 4. The molecule has 5 rings (SSSR count). The van der Waals surface area contributed by atoms with Crippen LogP contribution in [0.1, 0.15) is 63.1 Å². The summed E-state index contributed by atoms with van der Waals surface area (Å²) in [4.78, 5) is 15.5. The summed E-state index contributed by atoms with van der Waals surface area (Å²) >= 11 is 0. The van der Waals surface area contributed by atoms with Crippen molar-refractivity contribution in [2.75, 3.05) is 27.3 Å². The molecule has 1 saturated heterocycles. The molecule has 0 aromatic heterocycles. The number of hydrogen-bond acceptors (Lipinski definition) is 5. The number of carbonyl (C=O) groups is 1. The van der Waals surface area contributed by atoms with Gasteiger partial charge in [-0.2, -0.15) is 0 Å². The average Bonchev–Trinajstić information content (AvgIpc) is 3.06. The summed E-state index contributed by atoms with van der Waals surface area (Å²) in [7, 11) is 3.36. The van der Waals surface area contributed by atoms with Gasteiger partial charge in [0.1, 0.15) is 6.10 Å². The maximum absolute atomic E-state index is 13.0. The quantitative estimate of drug-likeness (QED) is 0.491. The number of ether oxygens (including phenoxy) is 3. The maximum atomic E-state index is 13.0. The van der Waals surface area contributed by atoms with E-state index in [1.165, 1.54) is 29.5 Å². The minimum absolute atomic E-state index is 0.0122. The van der Waals surface area contributed by atoms with Crippen molar-refractivity contribution in [2.24, 2.45) is 23.2 Å². The summed E-state index contributed by atoms with van der Waals surface area (Å²) < 4.78 is 17.1. The van der Waals surface area contributed by atoms with Crippen LogP contribution in [0.4, 0.5) is 0 Å². The minimum Gasteiger partial charge on any atom is -0.493 e. The minimum atomic E-state index is -0.0385.